The maximum Gasteiger partial charge on any atom is 0.335 e. The maximum absolute atomic E-state index is 11.0. The molecule has 0 aliphatic heterocycles. The Kier molecular flexibility index (Phi) is 5.35. The number of rotatable bonds is 5. The van der Waals surface area contributed by atoms with Crippen LogP contribution in [-0.2, 0) is 6.54 Å². The molecule has 1 aromatic heterocycles. The van der Waals surface area contributed by atoms with Crippen LogP contribution >= 0.6 is 23.2 Å². The zero-order valence-electron chi connectivity index (χ0n) is 13.7. The second kappa shape index (κ2) is 7.68. The van der Waals surface area contributed by atoms with Gasteiger partial charge in [0.2, 0.25) is 0 Å². The Morgan fingerprint density at radius 1 is 1.19 bits per heavy atom. The number of hydrogen-bond acceptors (Lipinski definition) is 4. The lowest BCUT2D eigenvalue weighted by Crippen LogP contribution is -1.97. The van der Waals surface area contributed by atoms with Gasteiger partial charge in [0.25, 0.3) is 0 Å². The average Bonchev–Trinajstić information content (AvgIpc) is 2.90. The largest absolute Gasteiger partial charge is 0.478 e. The molecule has 26 heavy (non-hydrogen) atoms. The van der Waals surface area contributed by atoms with Gasteiger partial charge in [-0.05, 0) is 37.3 Å². The van der Waals surface area contributed by atoms with Crippen LogP contribution in [0.25, 0.3) is 5.69 Å². The van der Waals surface area contributed by atoms with Gasteiger partial charge in [-0.3, -0.25) is 0 Å². The third kappa shape index (κ3) is 3.76. The van der Waals surface area contributed by atoms with Crippen molar-refractivity contribution in [3.63, 3.8) is 0 Å². The molecule has 8 heteroatoms. The van der Waals surface area contributed by atoms with Gasteiger partial charge in [0.15, 0.2) is 0 Å². The summed E-state index contributed by atoms with van der Waals surface area (Å²) in [5.41, 5.74) is 2.73. The molecule has 0 amide bonds. The quantitative estimate of drug-likeness (QED) is 0.588. The normalized spacial score (nSPS) is 11.2. The number of carboxylic acid groups (broad SMARTS) is 1. The van der Waals surface area contributed by atoms with E-state index in [1.807, 2.05) is 25.1 Å². The Labute approximate surface area is 159 Å². The van der Waals surface area contributed by atoms with Gasteiger partial charge in [0, 0.05) is 5.56 Å². The highest BCUT2D eigenvalue weighted by molar-refractivity contribution is 6.33. The van der Waals surface area contributed by atoms with Crippen LogP contribution in [0.3, 0.4) is 0 Å². The lowest BCUT2D eigenvalue weighted by atomic mass is 10.2. The van der Waals surface area contributed by atoms with E-state index in [0.717, 1.165) is 5.56 Å². The summed E-state index contributed by atoms with van der Waals surface area (Å²) < 4.78 is 1.56. The first-order valence-corrected chi connectivity index (χ1v) is 8.42. The van der Waals surface area contributed by atoms with E-state index in [1.165, 1.54) is 12.1 Å². The van der Waals surface area contributed by atoms with Gasteiger partial charge in [-0.2, -0.15) is 15.3 Å². The van der Waals surface area contributed by atoms with Gasteiger partial charge in [-0.1, -0.05) is 41.4 Å². The fourth-order valence-corrected chi connectivity index (χ4v) is 2.92. The van der Waals surface area contributed by atoms with Crippen LogP contribution in [0.1, 0.15) is 21.6 Å². The standard InChI is InChI=1S/C18H14Cl2N4O2/c1-11-14(10-21-22-13-6-4-5-12(9-13)18(25)26)17(20)24(23-11)16-8-3-2-7-15(16)19/h2-9H,10H2,1H3,(H,25,26). The number of aryl methyl sites for hydroxylation is 1. The number of aromatic nitrogens is 2. The molecule has 0 unspecified atom stereocenters. The number of carbonyl (C=O) groups is 1. The third-order valence-corrected chi connectivity index (χ3v) is 4.42. The molecule has 2 aromatic carbocycles. The molecule has 1 heterocycles. The number of nitrogens with zero attached hydrogens (tertiary/aromatic N) is 4. The lowest BCUT2D eigenvalue weighted by molar-refractivity contribution is 0.0697. The van der Waals surface area contributed by atoms with Gasteiger partial charge in [0.1, 0.15) is 5.15 Å². The molecule has 0 saturated carbocycles. The van der Waals surface area contributed by atoms with Crippen molar-refractivity contribution >= 4 is 34.9 Å². The Balaban J connectivity index is 1.84. The molecule has 0 atom stereocenters. The van der Waals surface area contributed by atoms with Crippen LogP contribution in [0.15, 0.2) is 58.8 Å². The number of benzene rings is 2. The fraction of sp³-hybridized carbons (Fsp3) is 0.111. The highest BCUT2D eigenvalue weighted by Crippen LogP contribution is 2.28. The van der Waals surface area contributed by atoms with Gasteiger partial charge >= 0.3 is 5.97 Å². The van der Waals surface area contributed by atoms with E-state index in [0.29, 0.717) is 27.2 Å². The minimum absolute atomic E-state index is 0.155. The van der Waals surface area contributed by atoms with Crippen molar-refractivity contribution in [1.82, 2.24) is 9.78 Å². The predicted molar refractivity (Wildman–Crippen MR) is 99.9 cm³/mol. The molecule has 0 aliphatic rings. The lowest BCUT2D eigenvalue weighted by Gasteiger charge is -2.05. The SMILES string of the molecule is Cc1nn(-c2ccccc2Cl)c(Cl)c1CN=Nc1cccc(C(=O)O)c1. The summed E-state index contributed by atoms with van der Waals surface area (Å²) in [5, 5.41) is 22.6. The molecule has 1 N–H and O–H groups in total. The molecule has 0 saturated heterocycles. The van der Waals surface area contributed by atoms with Crippen molar-refractivity contribution in [2.24, 2.45) is 10.2 Å². The molecule has 132 valence electrons. The Hall–Kier alpha value is -2.70. The van der Waals surface area contributed by atoms with Crippen LogP contribution < -0.4 is 0 Å². The average molecular weight is 389 g/mol. The number of halogens is 2. The molecule has 0 aliphatic carbocycles. The summed E-state index contributed by atoms with van der Waals surface area (Å²) in [6, 6.07) is 13.5. The zero-order valence-corrected chi connectivity index (χ0v) is 15.2. The van der Waals surface area contributed by atoms with Crippen LogP contribution in [0.4, 0.5) is 5.69 Å². The number of carboxylic acids is 1. The second-order valence-corrected chi connectivity index (χ2v) is 6.24. The molecule has 0 fully saturated rings. The van der Waals surface area contributed by atoms with E-state index < -0.39 is 5.97 Å². The van der Waals surface area contributed by atoms with Gasteiger partial charge in [-0.15, -0.1) is 0 Å². The summed E-state index contributed by atoms with van der Waals surface area (Å²) in [5.74, 6) is -1.01. The first-order valence-electron chi connectivity index (χ1n) is 7.67. The van der Waals surface area contributed by atoms with Gasteiger partial charge in [0.05, 0.1) is 34.2 Å². The van der Waals surface area contributed by atoms with Gasteiger partial charge in [-0.25, -0.2) is 9.48 Å². The summed E-state index contributed by atoms with van der Waals surface area (Å²) in [7, 11) is 0. The first-order chi connectivity index (χ1) is 12.5. The number of hydrogen-bond donors (Lipinski definition) is 1. The minimum atomic E-state index is -1.01. The molecule has 6 nitrogen and oxygen atoms in total. The molecular weight excluding hydrogens is 375 g/mol. The molecule has 0 bridgehead atoms. The van der Waals surface area contributed by atoms with Crippen LogP contribution in [-0.4, -0.2) is 20.9 Å². The van der Waals surface area contributed by atoms with Crippen molar-refractivity contribution in [2.45, 2.75) is 13.5 Å². The Morgan fingerprint density at radius 3 is 2.69 bits per heavy atom. The van der Waals surface area contributed by atoms with Crippen molar-refractivity contribution in [3.05, 3.63) is 75.5 Å². The topological polar surface area (TPSA) is 79.8 Å². The predicted octanol–water partition coefficient (Wildman–Crippen LogP) is 5.47. The highest BCUT2D eigenvalue weighted by Gasteiger charge is 2.16. The smallest absolute Gasteiger partial charge is 0.335 e. The molecule has 0 radical (unpaired) electrons. The van der Waals surface area contributed by atoms with Crippen molar-refractivity contribution in [1.29, 1.82) is 0 Å². The van der Waals surface area contributed by atoms with Crippen LogP contribution in [0, 0.1) is 6.92 Å². The summed E-state index contributed by atoms with van der Waals surface area (Å²) in [6.45, 7) is 2.04. The number of azo groups is 1. The highest BCUT2D eigenvalue weighted by atomic mass is 35.5. The third-order valence-electron chi connectivity index (χ3n) is 3.71. The maximum atomic E-state index is 11.0. The Morgan fingerprint density at radius 2 is 1.96 bits per heavy atom. The first kappa shape index (κ1) is 18.1. The van der Waals surface area contributed by atoms with Crippen molar-refractivity contribution < 1.29 is 9.90 Å². The summed E-state index contributed by atoms with van der Waals surface area (Å²) >= 11 is 12.7. The van der Waals surface area contributed by atoms with E-state index in [4.69, 9.17) is 28.3 Å². The zero-order chi connectivity index (χ0) is 18.7. The fourth-order valence-electron chi connectivity index (χ4n) is 2.38. The molecular formula is C18H14Cl2N4O2. The minimum Gasteiger partial charge on any atom is -0.478 e. The molecule has 0 spiro atoms. The summed E-state index contributed by atoms with van der Waals surface area (Å²) in [4.78, 5) is 11.0. The second-order valence-electron chi connectivity index (χ2n) is 5.47. The van der Waals surface area contributed by atoms with E-state index in [2.05, 4.69) is 15.3 Å². The monoisotopic (exact) mass is 388 g/mol. The van der Waals surface area contributed by atoms with E-state index in [1.54, 1.807) is 22.9 Å². The summed E-state index contributed by atoms with van der Waals surface area (Å²) in [6.07, 6.45) is 0. The van der Waals surface area contributed by atoms with Crippen LogP contribution in [0.5, 0.6) is 0 Å². The van der Waals surface area contributed by atoms with Crippen LogP contribution in [0.2, 0.25) is 10.2 Å². The van der Waals surface area contributed by atoms with Gasteiger partial charge < -0.3 is 5.11 Å². The molecule has 3 aromatic rings. The van der Waals surface area contributed by atoms with E-state index in [9.17, 15) is 4.79 Å². The van der Waals surface area contributed by atoms with E-state index in [-0.39, 0.29) is 12.1 Å². The Bertz CT molecular complexity index is 999. The number of para-hydroxylation sites is 1. The van der Waals surface area contributed by atoms with Crippen molar-refractivity contribution in [3.8, 4) is 5.69 Å². The molecule has 3 rings (SSSR count). The van der Waals surface area contributed by atoms with E-state index >= 15 is 0 Å². The van der Waals surface area contributed by atoms with Crippen molar-refractivity contribution in [2.75, 3.05) is 0 Å². The number of aromatic carboxylic acids is 1.